The Kier molecular flexibility index (Phi) is 4.21. The number of piperazine rings is 1. The van der Waals surface area contributed by atoms with E-state index in [0.717, 1.165) is 16.3 Å². The molecule has 112 valence electrons. The number of hydrogen-bond donors (Lipinski definition) is 1. The van der Waals surface area contributed by atoms with Crippen LogP contribution in [0.4, 0.5) is 0 Å². The SMILES string of the molecule is O=S([O-])N1CCN(Cc2ccc3ccccc3c2O)CC1. The Balaban J connectivity index is 1.74. The van der Waals surface area contributed by atoms with Crippen LogP contribution < -0.4 is 0 Å². The van der Waals surface area contributed by atoms with Gasteiger partial charge in [0.05, 0.1) is 0 Å². The minimum atomic E-state index is -2.13. The first kappa shape index (κ1) is 14.5. The fourth-order valence-corrected chi connectivity index (χ4v) is 3.17. The van der Waals surface area contributed by atoms with E-state index in [2.05, 4.69) is 4.90 Å². The second-order valence-electron chi connectivity index (χ2n) is 5.22. The molecular formula is C15H17N2O3S-. The van der Waals surface area contributed by atoms with Gasteiger partial charge < -0.3 is 9.66 Å². The van der Waals surface area contributed by atoms with Gasteiger partial charge in [0.15, 0.2) is 0 Å². The van der Waals surface area contributed by atoms with Crippen LogP contribution in [0.25, 0.3) is 10.8 Å². The van der Waals surface area contributed by atoms with Gasteiger partial charge in [0.25, 0.3) is 0 Å². The first-order valence-electron chi connectivity index (χ1n) is 6.91. The fraction of sp³-hybridized carbons (Fsp3) is 0.333. The Bertz CT molecular complexity index is 669. The molecule has 0 radical (unpaired) electrons. The lowest BCUT2D eigenvalue weighted by atomic mass is 10.0. The second kappa shape index (κ2) is 6.11. The molecule has 1 fully saturated rings. The van der Waals surface area contributed by atoms with Gasteiger partial charge in [0.1, 0.15) is 5.75 Å². The largest absolute Gasteiger partial charge is 0.760 e. The van der Waals surface area contributed by atoms with Crippen molar-refractivity contribution >= 4 is 22.0 Å². The number of benzene rings is 2. The van der Waals surface area contributed by atoms with E-state index in [1.54, 1.807) is 0 Å². The number of rotatable bonds is 3. The van der Waals surface area contributed by atoms with Crippen LogP contribution >= 0.6 is 0 Å². The smallest absolute Gasteiger partial charge is 0.127 e. The summed E-state index contributed by atoms with van der Waals surface area (Å²) in [6, 6.07) is 11.7. The van der Waals surface area contributed by atoms with E-state index in [9.17, 15) is 13.9 Å². The molecule has 0 bridgehead atoms. The molecule has 1 N–H and O–H groups in total. The van der Waals surface area contributed by atoms with Crippen LogP contribution in [0.5, 0.6) is 5.75 Å². The average molecular weight is 305 g/mol. The fourth-order valence-electron chi connectivity index (χ4n) is 2.71. The highest BCUT2D eigenvalue weighted by Gasteiger charge is 2.18. The lowest BCUT2D eigenvalue weighted by Crippen LogP contribution is -2.46. The molecule has 2 aromatic rings. The van der Waals surface area contributed by atoms with Gasteiger partial charge in [-0.1, -0.05) is 36.4 Å². The molecule has 5 nitrogen and oxygen atoms in total. The van der Waals surface area contributed by atoms with Crippen LogP contribution in [-0.4, -0.2) is 49.3 Å². The van der Waals surface area contributed by atoms with Gasteiger partial charge in [-0.3, -0.25) is 9.11 Å². The van der Waals surface area contributed by atoms with Crippen LogP contribution in [0.3, 0.4) is 0 Å². The molecule has 0 spiro atoms. The van der Waals surface area contributed by atoms with Crippen LogP contribution in [0.1, 0.15) is 5.56 Å². The van der Waals surface area contributed by atoms with Gasteiger partial charge >= 0.3 is 0 Å². The zero-order valence-electron chi connectivity index (χ0n) is 11.6. The maximum absolute atomic E-state index is 10.9. The molecule has 1 heterocycles. The molecule has 1 atom stereocenters. The summed E-state index contributed by atoms with van der Waals surface area (Å²) in [6.07, 6.45) is 0. The Morgan fingerprint density at radius 2 is 1.81 bits per heavy atom. The molecule has 1 unspecified atom stereocenters. The van der Waals surface area contributed by atoms with Crippen molar-refractivity contribution in [1.29, 1.82) is 0 Å². The van der Waals surface area contributed by atoms with Crippen molar-refractivity contribution in [2.24, 2.45) is 0 Å². The highest BCUT2D eigenvalue weighted by atomic mass is 32.2. The van der Waals surface area contributed by atoms with Crippen LogP contribution in [-0.2, 0) is 17.8 Å². The molecule has 1 aliphatic heterocycles. The van der Waals surface area contributed by atoms with Gasteiger partial charge in [-0.2, -0.15) is 0 Å². The number of phenolic OH excluding ortho intramolecular Hbond substituents is 1. The second-order valence-corrected chi connectivity index (χ2v) is 6.17. The first-order chi connectivity index (χ1) is 10.1. The van der Waals surface area contributed by atoms with Gasteiger partial charge in [-0.15, -0.1) is 0 Å². The zero-order valence-corrected chi connectivity index (χ0v) is 12.4. The summed E-state index contributed by atoms with van der Waals surface area (Å²) in [7, 11) is 0. The third-order valence-electron chi connectivity index (χ3n) is 3.92. The molecule has 21 heavy (non-hydrogen) atoms. The molecule has 0 saturated carbocycles. The quantitative estimate of drug-likeness (QED) is 0.872. The van der Waals surface area contributed by atoms with Crippen molar-refractivity contribution in [3.05, 3.63) is 42.0 Å². The van der Waals surface area contributed by atoms with Gasteiger partial charge in [0.2, 0.25) is 0 Å². The molecule has 6 heteroatoms. The van der Waals surface area contributed by atoms with Crippen molar-refractivity contribution in [2.75, 3.05) is 26.2 Å². The van der Waals surface area contributed by atoms with E-state index in [0.29, 0.717) is 38.5 Å². The Hall–Kier alpha value is -1.47. The number of fused-ring (bicyclic) bond motifs is 1. The predicted molar refractivity (Wildman–Crippen MR) is 81.4 cm³/mol. The Morgan fingerprint density at radius 3 is 2.52 bits per heavy atom. The zero-order chi connectivity index (χ0) is 14.8. The van der Waals surface area contributed by atoms with Crippen molar-refractivity contribution in [3.8, 4) is 5.75 Å². The van der Waals surface area contributed by atoms with E-state index < -0.39 is 11.3 Å². The number of nitrogens with zero attached hydrogens (tertiary/aromatic N) is 2. The minimum Gasteiger partial charge on any atom is -0.760 e. The topological polar surface area (TPSA) is 66.8 Å². The van der Waals surface area contributed by atoms with E-state index >= 15 is 0 Å². The maximum atomic E-state index is 10.9. The van der Waals surface area contributed by atoms with Crippen molar-refractivity contribution in [1.82, 2.24) is 9.21 Å². The number of hydrogen-bond acceptors (Lipinski definition) is 4. The summed E-state index contributed by atoms with van der Waals surface area (Å²) in [6.45, 7) is 3.01. The summed E-state index contributed by atoms with van der Waals surface area (Å²) in [5.74, 6) is 0.322. The molecule has 0 amide bonds. The van der Waals surface area contributed by atoms with Crippen LogP contribution in [0, 0.1) is 0 Å². The summed E-state index contributed by atoms with van der Waals surface area (Å²) >= 11 is -2.13. The standard InChI is InChI=1S/C15H18N2O3S/c18-15-13(6-5-12-3-1-2-4-14(12)15)11-16-7-9-17(10-8-16)21(19)20/h1-6,18H,7-11H2,(H,19,20)/p-1. The Morgan fingerprint density at radius 1 is 1.10 bits per heavy atom. The third-order valence-corrected chi connectivity index (χ3v) is 4.71. The van der Waals surface area contributed by atoms with E-state index in [-0.39, 0.29) is 0 Å². The summed E-state index contributed by atoms with van der Waals surface area (Å²) in [4.78, 5) is 2.16. The average Bonchev–Trinajstić information content (AvgIpc) is 2.51. The van der Waals surface area contributed by atoms with Gasteiger partial charge in [-0.05, 0) is 5.39 Å². The summed E-state index contributed by atoms with van der Waals surface area (Å²) in [5.41, 5.74) is 0.880. The van der Waals surface area contributed by atoms with E-state index in [1.165, 1.54) is 4.31 Å². The maximum Gasteiger partial charge on any atom is 0.127 e. The number of phenols is 1. The van der Waals surface area contributed by atoms with Crippen molar-refractivity contribution in [3.63, 3.8) is 0 Å². The molecular weight excluding hydrogens is 288 g/mol. The highest BCUT2D eigenvalue weighted by molar-refractivity contribution is 7.76. The molecule has 1 saturated heterocycles. The lowest BCUT2D eigenvalue weighted by molar-refractivity contribution is 0.178. The van der Waals surface area contributed by atoms with Gasteiger partial charge in [-0.25, -0.2) is 4.31 Å². The molecule has 0 aliphatic carbocycles. The number of aromatic hydroxyl groups is 1. The predicted octanol–water partition coefficient (Wildman–Crippen LogP) is 1.46. The van der Waals surface area contributed by atoms with Crippen molar-refractivity contribution in [2.45, 2.75) is 6.54 Å². The van der Waals surface area contributed by atoms with E-state index in [1.807, 2.05) is 36.4 Å². The lowest BCUT2D eigenvalue weighted by Gasteiger charge is -2.35. The van der Waals surface area contributed by atoms with E-state index in [4.69, 9.17) is 0 Å². The monoisotopic (exact) mass is 305 g/mol. The molecule has 3 rings (SSSR count). The van der Waals surface area contributed by atoms with Crippen LogP contribution in [0.2, 0.25) is 0 Å². The Labute approximate surface area is 126 Å². The summed E-state index contributed by atoms with van der Waals surface area (Å²) < 4.78 is 23.2. The molecule has 2 aromatic carbocycles. The summed E-state index contributed by atoms with van der Waals surface area (Å²) in [5, 5.41) is 12.3. The normalized spacial score (nSPS) is 18.9. The minimum absolute atomic E-state index is 0.322. The molecule has 1 aliphatic rings. The van der Waals surface area contributed by atoms with Crippen molar-refractivity contribution < 1.29 is 13.9 Å². The third kappa shape index (κ3) is 3.08. The van der Waals surface area contributed by atoms with Crippen LogP contribution in [0.15, 0.2) is 36.4 Å². The molecule has 0 aromatic heterocycles. The first-order valence-corrected chi connectivity index (χ1v) is 7.94. The highest BCUT2D eigenvalue weighted by Crippen LogP contribution is 2.29. The van der Waals surface area contributed by atoms with Gasteiger partial charge in [0, 0.05) is 54.9 Å².